The van der Waals surface area contributed by atoms with E-state index < -0.39 is 5.82 Å². The number of halogens is 1. The molecule has 0 aliphatic carbocycles. The van der Waals surface area contributed by atoms with E-state index in [1.54, 1.807) is 31.2 Å². The SMILES string of the molecule is CCN(C(=O)c1ccc(C)c(F)c1)c1cccc(O)c1. The third-order valence-electron chi connectivity index (χ3n) is 3.12. The van der Waals surface area contributed by atoms with Crippen molar-refractivity contribution in [2.24, 2.45) is 0 Å². The maximum absolute atomic E-state index is 13.6. The third kappa shape index (κ3) is 2.79. The van der Waals surface area contributed by atoms with Gasteiger partial charge in [0.05, 0.1) is 0 Å². The summed E-state index contributed by atoms with van der Waals surface area (Å²) in [7, 11) is 0. The van der Waals surface area contributed by atoms with E-state index in [1.807, 2.05) is 6.92 Å². The van der Waals surface area contributed by atoms with Gasteiger partial charge < -0.3 is 10.0 Å². The Morgan fingerprint density at radius 2 is 2.00 bits per heavy atom. The maximum atomic E-state index is 13.6. The van der Waals surface area contributed by atoms with Gasteiger partial charge in [-0.2, -0.15) is 0 Å². The highest BCUT2D eigenvalue weighted by molar-refractivity contribution is 6.06. The molecule has 3 nitrogen and oxygen atoms in total. The summed E-state index contributed by atoms with van der Waals surface area (Å²) in [6, 6.07) is 10.9. The quantitative estimate of drug-likeness (QED) is 0.929. The molecule has 0 radical (unpaired) electrons. The Bertz CT molecular complexity index is 640. The molecule has 0 fully saturated rings. The molecule has 0 aliphatic heterocycles. The Labute approximate surface area is 117 Å². The van der Waals surface area contributed by atoms with E-state index in [0.29, 0.717) is 23.4 Å². The summed E-state index contributed by atoms with van der Waals surface area (Å²) in [6.07, 6.45) is 0. The number of aryl methyl sites for hydroxylation is 1. The molecule has 2 rings (SSSR count). The Morgan fingerprint density at radius 1 is 1.25 bits per heavy atom. The first-order chi connectivity index (χ1) is 9.52. The number of phenolic OH excluding ortho intramolecular Hbond substituents is 1. The van der Waals surface area contributed by atoms with Crippen LogP contribution >= 0.6 is 0 Å². The molecule has 2 aromatic carbocycles. The van der Waals surface area contributed by atoms with Crippen LogP contribution in [0.15, 0.2) is 42.5 Å². The number of nitrogens with zero attached hydrogens (tertiary/aromatic N) is 1. The highest BCUT2D eigenvalue weighted by atomic mass is 19.1. The van der Waals surface area contributed by atoms with Gasteiger partial charge in [-0.1, -0.05) is 12.1 Å². The van der Waals surface area contributed by atoms with Crippen LogP contribution in [0.25, 0.3) is 0 Å². The molecule has 0 bridgehead atoms. The monoisotopic (exact) mass is 273 g/mol. The summed E-state index contributed by atoms with van der Waals surface area (Å²) in [5.74, 6) is -0.608. The lowest BCUT2D eigenvalue weighted by Gasteiger charge is -2.21. The standard InChI is InChI=1S/C16H16FNO2/c1-3-18(13-5-4-6-14(19)10-13)16(20)12-8-7-11(2)15(17)9-12/h4-10,19H,3H2,1-2H3. The number of benzene rings is 2. The lowest BCUT2D eigenvalue weighted by Crippen LogP contribution is -2.30. The van der Waals surface area contributed by atoms with Crippen LogP contribution in [-0.4, -0.2) is 17.6 Å². The molecule has 1 amide bonds. The summed E-state index contributed by atoms with van der Waals surface area (Å²) >= 11 is 0. The van der Waals surface area contributed by atoms with E-state index in [4.69, 9.17) is 0 Å². The molecule has 4 heteroatoms. The number of rotatable bonds is 3. The van der Waals surface area contributed by atoms with Crippen molar-refractivity contribution < 1.29 is 14.3 Å². The number of amides is 1. The van der Waals surface area contributed by atoms with Crippen molar-refractivity contribution in [1.82, 2.24) is 0 Å². The average Bonchev–Trinajstić information content (AvgIpc) is 2.42. The molecule has 0 spiro atoms. The van der Waals surface area contributed by atoms with Crippen molar-refractivity contribution in [1.29, 1.82) is 0 Å². The highest BCUT2D eigenvalue weighted by Crippen LogP contribution is 2.22. The minimum Gasteiger partial charge on any atom is -0.508 e. The molecule has 0 aliphatic rings. The smallest absolute Gasteiger partial charge is 0.258 e. The molecule has 0 aromatic heterocycles. The second-order valence-electron chi connectivity index (χ2n) is 4.53. The Morgan fingerprint density at radius 3 is 2.60 bits per heavy atom. The van der Waals surface area contributed by atoms with Crippen LogP contribution in [0.1, 0.15) is 22.8 Å². The van der Waals surface area contributed by atoms with Crippen LogP contribution in [0.5, 0.6) is 5.75 Å². The first-order valence-corrected chi connectivity index (χ1v) is 6.40. The van der Waals surface area contributed by atoms with E-state index in [9.17, 15) is 14.3 Å². The Hall–Kier alpha value is -2.36. The summed E-state index contributed by atoms with van der Waals surface area (Å²) in [5.41, 5.74) is 1.37. The lowest BCUT2D eigenvalue weighted by atomic mass is 10.1. The van der Waals surface area contributed by atoms with Crippen molar-refractivity contribution in [2.45, 2.75) is 13.8 Å². The summed E-state index contributed by atoms with van der Waals surface area (Å²) in [6.45, 7) is 3.90. The maximum Gasteiger partial charge on any atom is 0.258 e. The van der Waals surface area contributed by atoms with Gasteiger partial charge in [0.2, 0.25) is 0 Å². The van der Waals surface area contributed by atoms with E-state index in [-0.39, 0.29) is 11.7 Å². The number of carbonyl (C=O) groups is 1. The Balaban J connectivity index is 2.36. The second-order valence-corrected chi connectivity index (χ2v) is 4.53. The van der Waals surface area contributed by atoms with Crippen LogP contribution in [0, 0.1) is 12.7 Å². The zero-order valence-electron chi connectivity index (χ0n) is 11.4. The molecule has 0 heterocycles. The molecule has 2 aromatic rings. The predicted molar refractivity (Wildman–Crippen MR) is 76.6 cm³/mol. The molecule has 0 saturated heterocycles. The lowest BCUT2D eigenvalue weighted by molar-refractivity contribution is 0.0988. The number of hydrogen-bond donors (Lipinski definition) is 1. The van der Waals surface area contributed by atoms with Gasteiger partial charge in [-0.05, 0) is 43.7 Å². The number of carbonyl (C=O) groups excluding carboxylic acids is 1. The molecular formula is C16H16FNO2. The molecule has 1 N–H and O–H groups in total. The van der Waals surface area contributed by atoms with E-state index in [2.05, 4.69) is 0 Å². The molecule has 0 atom stereocenters. The largest absolute Gasteiger partial charge is 0.508 e. The zero-order valence-corrected chi connectivity index (χ0v) is 11.4. The summed E-state index contributed by atoms with van der Waals surface area (Å²) in [5, 5.41) is 9.49. The van der Waals surface area contributed by atoms with Crippen molar-refractivity contribution >= 4 is 11.6 Å². The van der Waals surface area contributed by atoms with E-state index in [0.717, 1.165) is 0 Å². The minimum atomic E-state index is -0.400. The van der Waals surface area contributed by atoms with Crippen LogP contribution in [-0.2, 0) is 0 Å². The first kappa shape index (κ1) is 14.1. The molecule has 20 heavy (non-hydrogen) atoms. The van der Waals surface area contributed by atoms with Crippen LogP contribution < -0.4 is 4.90 Å². The van der Waals surface area contributed by atoms with E-state index in [1.165, 1.54) is 23.1 Å². The third-order valence-corrected chi connectivity index (χ3v) is 3.12. The van der Waals surface area contributed by atoms with Gasteiger partial charge in [0.25, 0.3) is 5.91 Å². The van der Waals surface area contributed by atoms with Gasteiger partial charge in [0, 0.05) is 23.9 Å². The summed E-state index contributed by atoms with van der Waals surface area (Å²) < 4.78 is 13.6. The van der Waals surface area contributed by atoms with Crippen molar-refractivity contribution in [3.63, 3.8) is 0 Å². The molecule has 104 valence electrons. The normalized spacial score (nSPS) is 10.3. The fraction of sp³-hybridized carbons (Fsp3) is 0.188. The van der Waals surface area contributed by atoms with Crippen LogP contribution in [0.2, 0.25) is 0 Å². The van der Waals surface area contributed by atoms with Gasteiger partial charge in [-0.25, -0.2) is 4.39 Å². The zero-order chi connectivity index (χ0) is 14.7. The predicted octanol–water partition coefficient (Wildman–Crippen LogP) is 3.51. The van der Waals surface area contributed by atoms with Gasteiger partial charge in [0.15, 0.2) is 0 Å². The Kier molecular flexibility index (Phi) is 4.03. The van der Waals surface area contributed by atoms with E-state index >= 15 is 0 Å². The average molecular weight is 273 g/mol. The number of aromatic hydroxyl groups is 1. The van der Waals surface area contributed by atoms with Gasteiger partial charge in [0.1, 0.15) is 11.6 Å². The molecule has 0 saturated carbocycles. The fourth-order valence-electron chi connectivity index (χ4n) is 1.99. The molecular weight excluding hydrogens is 257 g/mol. The number of phenols is 1. The van der Waals surface area contributed by atoms with Gasteiger partial charge in [-0.3, -0.25) is 4.79 Å². The van der Waals surface area contributed by atoms with Crippen molar-refractivity contribution in [3.8, 4) is 5.75 Å². The topological polar surface area (TPSA) is 40.5 Å². The van der Waals surface area contributed by atoms with Crippen molar-refractivity contribution in [2.75, 3.05) is 11.4 Å². The number of hydrogen-bond acceptors (Lipinski definition) is 2. The van der Waals surface area contributed by atoms with Gasteiger partial charge >= 0.3 is 0 Å². The van der Waals surface area contributed by atoms with Crippen LogP contribution in [0.4, 0.5) is 10.1 Å². The minimum absolute atomic E-state index is 0.0869. The van der Waals surface area contributed by atoms with Crippen molar-refractivity contribution in [3.05, 3.63) is 59.4 Å². The first-order valence-electron chi connectivity index (χ1n) is 6.40. The number of anilines is 1. The molecule has 0 unspecified atom stereocenters. The van der Waals surface area contributed by atoms with Gasteiger partial charge in [-0.15, -0.1) is 0 Å². The fourth-order valence-corrected chi connectivity index (χ4v) is 1.99. The van der Waals surface area contributed by atoms with Crippen LogP contribution in [0.3, 0.4) is 0 Å². The highest BCUT2D eigenvalue weighted by Gasteiger charge is 2.17. The second kappa shape index (κ2) is 5.74. The summed E-state index contributed by atoms with van der Waals surface area (Å²) in [4.78, 5) is 13.9.